The number of hydrogen-bond acceptors (Lipinski definition) is 8. The van der Waals surface area contributed by atoms with Crippen LogP contribution in [0.5, 0.6) is 0 Å². The van der Waals surface area contributed by atoms with Gasteiger partial charge in [-0.2, -0.15) is 0 Å². The molecular formula is C39H54N4O6S. The Hall–Kier alpha value is -3.54. The first-order chi connectivity index (χ1) is 23.4. The van der Waals surface area contributed by atoms with Crippen LogP contribution in [0.4, 0.5) is 5.82 Å². The largest absolute Gasteiger partial charge is 0.371 e. The number of anilines is 1. The molecule has 2 heterocycles. The quantitative estimate of drug-likeness (QED) is 0.189. The lowest BCUT2D eigenvalue weighted by molar-refractivity contribution is -0.131. The lowest BCUT2D eigenvalue weighted by atomic mass is 9.95. The predicted molar refractivity (Wildman–Crippen MR) is 196 cm³/mol. The molecule has 272 valence electrons. The standard InChI is InChI=1S/C39H54N4O6S/c1-10-11-17-33-40-39(20-12-13-21-39)36(44)43(33)23-28-18-19-31(30(22-28)25-48-38(7,8)9)32-16-14-15-29(24-47-37(4,5)6)34(32)50(45,46)42-35-26(2)27(3)49-41-35/h14-16,18-19,22H,10-13,17,20-21,23-25H2,1-9H3,(H,41,42). The summed E-state index contributed by atoms with van der Waals surface area (Å²) in [5, 5.41) is 3.98. The van der Waals surface area contributed by atoms with Gasteiger partial charge >= 0.3 is 0 Å². The molecular weight excluding hydrogens is 653 g/mol. The predicted octanol–water partition coefficient (Wildman–Crippen LogP) is 8.63. The van der Waals surface area contributed by atoms with Crippen molar-refractivity contribution in [3.8, 4) is 11.1 Å². The summed E-state index contributed by atoms with van der Waals surface area (Å²) in [6.45, 7) is 18.1. The van der Waals surface area contributed by atoms with Crippen molar-refractivity contribution in [1.29, 1.82) is 0 Å². The number of aliphatic imine (C=N–C) groups is 1. The van der Waals surface area contributed by atoms with Gasteiger partial charge in [0.05, 0.1) is 31.0 Å². The maximum Gasteiger partial charge on any atom is 0.264 e. The lowest BCUT2D eigenvalue weighted by Crippen LogP contribution is -2.40. The molecule has 1 aromatic heterocycles. The van der Waals surface area contributed by atoms with E-state index < -0.39 is 26.8 Å². The first-order valence-corrected chi connectivity index (χ1v) is 19.3. The smallest absolute Gasteiger partial charge is 0.264 e. The molecule has 3 aromatic rings. The fourth-order valence-corrected chi connectivity index (χ4v) is 8.00. The average molecular weight is 707 g/mol. The summed E-state index contributed by atoms with van der Waals surface area (Å²) >= 11 is 0. The molecule has 1 amide bonds. The molecule has 1 fully saturated rings. The van der Waals surface area contributed by atoms with E-state index in [9.17, 15) is 13.2 Å². The summed E-state index contributed by atoms with van der Waals surface area (Å²) in [4.78, 5) is 21.0. The van der Waals surface area contributed by atoms with Gasteiger partial charge in [-0.15, -0.1) is 0 Å². The lowest BCUT2D eigenvalue weighted by Gasteiger charge is -2.25. The highest BCUT2D eigenvalue weighted by Crippen LogP contribution is 2.41. The van der Waals surface area contributed by atoms with Crippen molar-refractivity contribution in [1.82, 2.24) is 10.1 Å². The first-order valence-electron chi connectivity index (χ1n) is 17.8. The highest BCUT2D eigenvalue weighted by molar-refractivity contribution is 7.93. The second kappa shape index (κ2) is 14.6. The van der Waals surface area contributed by atoms with Crippen LogP contribution in [0.3, 0.4) is 0 Å². The number of carbonyl (C=O) groups is 1. The SMILES string of the molecule is CCCCC1=NC2(CCCC2)C(=O)N1Cc1ccc(-c2cccc(COC(C)(C)C)c2S(=O)(=O)Nc2noc(C)c2C)c(COC(C)(C)C)c1. The molecule has 1 spiro atoms. The molecule has 2 aliphatic rings. The number of nitrogens with zero attached hydrogens (tertiary/aromatic N) is 3. The summed E-state index contributed by atoms with van der Waals surface area (Å²) in [7, 11) is -4.19. The number of amides is 1. The zero-order valence-electron chi connectivity index (χ0n) is 31.2. The van der Waals surface area contributed by atoms with Crippen LogP contribution < -0.4 is 4.72 Å². The van der Waals surface area contributed by atoms with Crippen molar-refractivity contribution in [2.75, 3.05) is 4.72 Å². The van der Waals surface area contributed by atoms with E-state index >= 15 is 0 Å². The van der Waals surface area contributed by atoms with Crippen LogP contribution in [0.25, 0.3) is 11.1 Å². The number of unbranched alkanes of at least 4 members (excludes halogenated alkanes) is 1. The Morgan fingerprint density at radius 1 is 0.940 bits per heavy atom. The molecule has 10 nitrogen and oxygen atoms in total. The molecule has 0 saturated heterocycles. The minimum Gasteiger partial charge on any atom is -0.371 e. The Morgan fingerprint density at radius 2 is 1.60 bits per heavy atom. The zero-order chi connectivity index (χ0) is 36.5. The van der Waals surface area contributed by atoms with Crippen molar-refractivity contribution in [3.05, 3.63) is 64.4 Å². The fourth-order valence-electron chi connectivity index (χ4n) is 6.52. The Kier molecular flexibility index (Phi) is 11.0. The van der Waals surface area contributed by atoms with E-state index in [0.29, 0.717) is 34.6 Å². The Morgan fingerprint density at radius 3 is 2.20 bits per heavy atom. The summed E-state index contributed by atoms with van der Waals surface area (Å²) in [5.41, 5.74) is 2.52. The number of ether oxygens (including phenoxy) is 2. The third kappa shape index (κ3) is 8.49. The monoisotopic (exact) mass is 706 g/mol. The summed E-state index contributed by atoms with van der Waals surface area (Å²) < 4.78 is 49.1. The number of hydrogen-bond donors (Lipinski definition) is 1. The molecule has 11 heteroatoms. The van der Waals surface area contributed by atoms with Crippen molar-refractivity contribution in [2.24, 2.45) is 4.99 Å². The van der Waals surface area contributed by atoms with Crippen molar-refractivity contribution in [3.63, 3.8) is 0 Å². The number of sulfonamides is 1. The number of amidine groups is 1. The molecule has 0 radical (unpaired) electrons. The minimum absolute atomic E-state index is 0.0784. The van der Waals surface area contributed by atoms with Gasteiger partial charge in [0.1, 0.15) is 22.0 Å². The Labute approximate surface area is 298 Å². The van der Waals surface area contributed by atoms with Gasteiger partial charge in [-0.3, -0.25) is 19.4 Å². The maximum atomic E-state index is 14.4. The number of aromatic nitrogens is 1. The highest BCUT2D eigenvalue weighted by atomic mass is 32.2. The van der Waals surface area contributed by atoms with Gasteiger partial charge in [-0.25, -0.2) is 8.42 Å². The first kappa shape index (κ1) is 37.7. The fraction of sp³-hybridized carbons (Fsp3) is 0.564. The number of rotatable bonds is 13. The number of benzene rings is 2. The van der Waals surface area contributed by atoms with Crippen LogP contribution in [0, 0.1) is 13.8 Å². The van der Waals surface area contributed by atoms with Crippen molar-refractivity contribution < 1.29 is 27.2 Å². The van der Waals surface area contributed by atoms with E-state index in [2.05, 4.69) is 16.8 Å². The zero-order valence-corrected chi connectivity index (χ0v) is 32.1. The van der Waals surface area contributed by atoms with Gasteiger partial charge < -0.3 is 14.0 Å². The Bertz CT molecular complexity index is 1840. The van der Waals surface area contributed by atoms with Gasteiger partial charge in [-0.05, 0) is 96.9 Å². The minimum atomic E-state index is -4.19. The Balaban J connectivity index is 1.60. The van der Waals surface area contributed by atoms with Gasteiger partial charge in [0.2, 0.25) is 0 Å². The highest BCUT2D eigenvalue weighted by Gasteiger charge is 2.49. The van der Waals surface area contributed by atoms with Gasteiger partial charge in [-0.1, -0.05) is 67.7 Å². The van der Waals surface area contributed by atoms with Gasteiger partial charge in [0.25, 0.3) is 15.9 Å². The van der Waals surface area contributed by atoms with Gasteiger partial charge in [0.15, 0.2) is 5.82 Å². The molecule has 0 unspecified atom stereocenters. The maximum absolute atomic E-state index is 14.4. The van der Waals surface area contributed by atoms with E-state index in [-0.39, 0.29) is 29.8 Å². The molecule has 2 aromatic carbocycles. The average Bonchev–Trinajstić information content (AvgIpc) is 3.72. The normalized spacial score (nSPS) is 16.5. The second-order valence-electron chi connectivity index (χ2n) is 15.7. The summed E-state index contributed by atoms with van der Waals surface area (Å²) in [6.07, 6.45) is 6.39. The van der Waals surface area contributed by atoms with Crippen LogP contribution >= 0.6 is 0 Å². The molecule has 50 heavy (non-hydrogen) atoms. The van der Waals surface area contributed by atoms with Crippen molar-refractivity contribution >= 4 is 27.6 Å². The van der Waals surface area contributed by atoms with Gasteiger partial charge in [0, 0.05) is 17.5 Å². The van der Waals surface area contributed by atoms with E-state index in [0.717, 1.165) is 61.9 Å². The van der Waals surface area contributed by atoms with Crippen LogP contribution in [0.15, 0.2) is 50.8 Å². The molecule has 1 N–H and O–H groups in total. The molecule has 5 rings (SSSR count). The van der Waals surface area contributed by atoms with E-state index in [1.165, 1.54) is 0 Å². The van der Waals surface area contributed by atoms with Crippen molar-refractivity contribution in [2.45, 2.75) is 149 Å². The number of carbonyl (C=O) groups excluding carboxylic acids is 1. The van der Waals surface area contributed by atoms with Crippen LogP contribution in [0.2, 0.25) is 0 Å². The number of aryl methyl sites for hydroxylation is 1. The van der Waals surface area contributed by atoms with Crippen LogP contribution in [0.1, 0.15) is 121 Å². The van der Waals surface area contributed by atoms with E-state index in [1.807, 2.05) is 76.8 Å². The molecule has 1 saturated carbocycles. The topological polar surface area (TPSA) is 123 Å². The molecule has 0 bridgehead atoms. The summed E-state index contributed by atoms with van der Waals surface area (Å²) in [6, 6.07) is 11.4. The third-order valence-corrected chi connectivity index (χ3v) is 10.8. The molecule has 1 aliphatic heterocycles. The van der Waals surface area contributed by atoms with Crippen LogP contribution in [-0.2, 0) is 44.1 Å². The molecule has 1 aliphatic carbocycles. The number of nitrogens with one attached hydrogen (secondary N) is 1. The summed E-state index contributed by atoms with van der Waals surface area (Å²) in [5.74, 6) is 1.65. The van der Waals surface area contributed by atoms with E-state index in [4.69, 9.17) is 19.0 Å². The van der Waals surface area contributed by atoms with Crippen LogP contribution in [-0.4, -0.2) is 47.0 Å². The molecule has 0 atom stereocenters. The third-order valence-electron chi connectivity index (χ3n) is 9.36. The second-order valence-corrected chi connectivity index (χ2v) is 17.3. The van der Waals surface area contributed by atoms with E-state index in [1.54, 1.807) is 19.9 Å².